The van der Waals surface area contributed by atoms with Crippen molar-refractivity contribution in [2.24, 2.45) is 7.05 Å². The summed E-state index contributed by atoms with van der Waals surface area (Å²) in [5.41, 5.74) is 8.08. The number of anilines is 3. The molecule has 0 unspecified atom stereocenters. The van der Waals surface area contributed by atoms with Crippen LogP contribution in [0.15, 0.2) is 42.6 Å². The van der Waals surface area contributed by atoms with Gasteiger partial charge in [0.25, 0.3) is 0 Å². The molecule has 1 aliphatic rings. The van der Waals surface area contributed by atoms with Crippen molar-refractivity contribution in [3.8, 4) is 17.0 Å². The number of aromatic nitrogens is 4. The van der Waals surface area contributed by atoms with Crippen molar-refractivity contribution in [1.29, 1.82) is 0 Å². The van der Waals surface area contributed by atoms with E-state index < -0.39 is 17.8 Å². The van der Waals surface area contributed by atoms with Gasteiger partial charge in [-0.1, -0.05) is 6.92 Å². The molecule has 0 atom stereocenters. The molecule has 0 radical (unpaired) electrons. The lowest BCUT2D eigenvalue weighted by molar-refractivity contribution is -0.139. The number of rotatable bonds is 6. The lowest BCUT2D eigenvalue weighted by atomic mass is 10.0. The van der Waals surface area contributed by atoms with Crippen LogP contribution in [0.2, 0.25) is 0 Å². The SMILES string of the molecule is CCc1cc(-c2cc(NC(=O)Nc3ccc(OC4CCN(C)CC4)c(C(F)(F)F)c3)nn2C)cc2cnc(N)nc12. The number of carbonyl (C=O) groups excluding carboxylic acids is 1. The number of ether oxygens (including phenoxy) is 1. The number of piperidine rings is 1. The van der Waals surface area contributed by atoms with Gasteiger partial charge in [0.15, 0.2) is 5.82 Å². The molecule has 41 heavy (non-hydrogen) atoms. The quantitative estimate of drug-likeness (QED) is 0.288. The number of nitrogen functional groups attached to an aromatic ring is 1. The van der Waals surface area contributed by atoms with Gasteiger partial charge in [-0.25, -0.2) is 14.8 Å². The van der Waals surface area contributed by atoms with Crippen molar-refractivity contribution in [3.63, 3.8) is 0 Å². The van der Waals surface area contributed by atoms with Crippen molar-refractivity contribution in [2.75, 3.05) is 36.5 Å². The smallest absolute Gasteiger partial charge is 0.420 e. The molecule has 0 spiro atoms. The predicted octanol–water partition coefficient (Wildman–Crippen LogP) is 5.31. The molecule has 4 aromatic rings. The summed E-state index contributed by atoms with van der Waals surface area (Å²) in [5.74, 6) is 0.173. The number of benzene rings is 2. The predicted molar refractivity (Wildman–Crippen MR) is 151 cm³/mol. The Labute approximate surface area is 234 Å². The number of carbonyl (C=O) groups is 1. The van der Waals surface area contributed by atoms with E-state index in [1.807, 2.05) is 26.1 Å². The fraction of sp³-hybridized carbons (Fsp3) is 0.357. The molecule has 1 aliphatic heterocycles. The molecule has 1 saturated heterocycles. The first-order chi connectivity index (χ1) is 19.5. The third kappa shape index (κ3) is 6.35. The standard InChI is InChI=1S/C28H31F3N8O2/c1-4-16-11-17(12-18-15-33-26(32)36-25(16)18)22-14-24(37-39(22)3)35-27(40)34-19-5-6-23(21(13-19)28(29,30)31)41-20-7-9-38(2)10-8-20/h5-6,11-15,20H,4,7-10H2,1-3H3,(H2,32,33,36)(H2,34,35,37,40). The van der Waals surface area contributed by atoms with Gasteiger partial charge in [-0.05, 0) is 62.2 Å². The summed E-state index contributed by atoms with van der Waals surface area (Å²) >= 11 is 0. The topological polar surface area (TPSA) is 123 Å². The first kappa shape index (κ1) is 28.1. The van der Waals surface area contributed by atoms with Crippen LogP contribution in [0.1, 0.15) is 30.9 Å². The van der Waals surface area contributed by atoms with Crippen molar-refractivity contribution in [2.45, 2.75) is 38.5 Å². The van der Waals surface area contributed by atoms with Crippen molar-refractivity contribution in [1.82, 2.24) is 24.6 Å². The van der Waals surface area contributed by atoms with Crippen molar-refractivity contribution in [3.05, 3.63) is 53.7 Å². The fourth-order valence-electron chi connectivity index (χ4n) is 4.94. The number of nitrogens with two attached hydrogens (primary N) is 1. The first-order valence-corrected chi connectivity index (χ1v) is 13.2. The number of alkyl halides is 3. The molecule has 0 aliphatic carbocycles. The second kappa shape index (κ2) is 11.2. The Morgan fingerprint density at radius 2 is 1.88 bits per heavy atom. The maximum Gasteiger partial charge on any atom is 0.420 e. The summed E-state index contributed by atoms with van der Waals surface area (Å²) in [4.78, 5) is 23.3. The highest BCUT2D eigenvalue weighted by atomic mass is 19.4. The zero-order valence-electron chi connectivity index (χ0n) is 22.9. The van der Waals surface area contributed by atoms with E-state index in [-0.39, 0.29) is 29.3 Å². The maximum absolute atomic E-state index is 13.9. The van der Waals surface area contributed by atoms with E-state index in [0.29, 0.717) is 25.0 Å². The number of aryl methyl sites for hydroxylation is 2. The van der Waals surface area contributed by atoms with Gasteiger partial charge >= 0.3 is 12.2 Å². The number of likely N-dealkylation sites (tertiary alicyclic amines) is 1. The molecule has 0 saturated carbocycles. The van der Waals surface area contributed by atoms with E-state index in [2.05, 4.69) is 30.6 Å². The monoisotopic (exact) mass is 568 g/mol. The molecular weight excluding hydrogens is 537 g/mol. The minimum Gasteiger partial charge on any atom is -0.490 e. The molecular formula is C28H31F3N8O2. The highest BCUT2D eigenvalue weighted by Gasteiger charge is 2.36. The summed E-state index contributed by atoms with van der Waals surface area (Å²) in [6.07, 6.45) is -1.29. The molecule has 2 amide bonds. The third-order valence-electron chi connectivity index (χ3n) is 7.08. The van der Waals surface area contributed by atoms with Crippen LogP contribution in [-0.4, -0.2) is 56.9 Å². The Morgan fingerprint density at radius 1 is 1.12 bits per heavy atom. The zero-order chi connectivity index (χ0) is 29.3. The van der Waals surface area contributed by atoms with Crippen LogP contribution in [0.5, 0.6) is 5.75 Å². The number of nitrogens with zero attached hydrogens (tertiary/aromatic N) is 5. The molecule has 1 fully saturated rings. The van der Waals surface area contributed by atoms with E-state index in [9.17, 15) is 18.0 Å². The Balaban J connectivity index is 1.32. The minimum absolute atomic E-state index is 0.0249. The first-order valence-electron chi connectivity index (χ1n) is 13.2. The van der Waals surface area contributed by atoms with Gasteiger partial charge in [0.1, 0.15) is 11.9 Å². The number of nitrogens with one attached hydrogen (secondary N) is 2. The van der Waals surface area contributed by atoms with Gasteiger partial charge in [-0.2, -0.15) is 18.3 Å². The highest BCUT2D eigenvalue weighted by Crippen LogP contribution is 2.39. The number of hydrogen-bond acceptors (Lipinski definition) is 7. The van der Waals surface area contributed by atoms with Crippen molar-refractivity contribution < 1.29 is 22.7 Å². The Bertz CT molecular complexity index is 1580. The van der Waals surface area contributed by atoms with Gasteiger partial charge in [-0.15, -0.1) is 0 Å². The Kier molecular flexibility index (Phi) is 7.72. The Morgan fingerprint density at radius 3 is 2.59 bits per heavy atom. The molecule has 0 bridgehead atoms. The lowest BCUT2D eigenvalue weighted by Crippen LogP contribution is -2.36. The summed E-state index contributed by atoms with van der Waals surface area (Å²) in [6.45, 7) is 3.52. The third-order valence-corrected chi connectivity index (χ3v) is 7.08. The van der Waals surface area contributed by atoms with Crippen molar-refractivity contribution >= 4 is 34.4 Å². The van der Waals surface area contributed by atoms with E-state index in [4.69, 9.17) is 10.5 Å². The molecule has 3 heterocycles. The molecule has 10 nitrogen and oxygen atoms in total. The number of hydrogen-bond donors (Lipinski definition) is 3. The van der Waals surface area contributed by atoms with Gasteiger partial charge in [0.05, 0.1) is 16.8 Å². The number of amides is 2. The molecule has 13 heteroatoms. The molecule has 216 valence electrons. The molecule has 2 aromatic carbocycles. The van der Waals surface area contributed by atoms with Crippen LogP contribution in [0.25, 0.3) is 22.2 Å². The van der Waals surface area contributed by atoms with Gasteiger partial charge in [-0.3, -0.25) is 10.00 Å². The molecule has 4 N–H and O–H groups in total. The second-order valence-electron chi connectivity index (χ2n) is 10.1. The van der Waals surface area contributed by atoms with Crippen LogP contribution in [0, 0.1) is 0 Å². The number of halogens is 3. The van der Waals surface area contributed by atoms with Crippen LogP contribution in [0.3, 0.4) is 0 Å². The van der Waals surface area contributed by atoms with Crippen LogP contribution < -0.4 is 21.1 Å². The molecule has 2 aromatic heterocycles. The zero-order valence-corrected chi connectivity index (χ0v) is 22.9. The minimum atomic E-state index is -4.65. The summed E-state index contributed by atoms with van der Waals surface area (Å²) in [6, 6.07) is 8.34. The summed E-state index contributed by atoms with van der Waals surface area (Å²) in [5, 5.41) is 10.2. The van der Waals surface area contributed by atoms with E-state index in [0.717, 1.165) is 41.2 Å². The average molecular weight is 569 g/mol. The van der Waals surface area contributed by atoms with E-state index in [1.165, 1.54) is 12.1 Å². The molecule has 5 rings (SSSR count). The largest absolute Gasteiger partial charge is 0.490 e. The number of fused-ring (bicyclic) bond motifs is 1. The summed E-state index contributed by atoms with van der Waals surface area (Å²) < 4.78 is 48.9. The van der Waals surface area contributed by atoms with E-state index in [1.54, 1.807) is 24.0 Å². The normalized spacial score (nSPS) is 14.8. The van der Waals surface area contributed by atoms with Gasteiger partial charge in [0, 0.05) is 49.0 Å². The highest BCUT2D eigenvalue weighted by molar-refractivity contribution is 5.99. The number of urea groups is 1. The maximum atomic E-state index is 13.9. The Hall–Kier alpha value is -4.39. The second-order valence-corrected chi connectivity index (χ2v) is 10.1. The van der Waals surface area contributed by atoms with E-state index >= 15 is 0 Å². The van der Waals surface area contributed by atoms with Crippen LogP contribution >= 0.6 is 0 Å². The van der Waals surface area contributed by atoms with Gasteiger partial charge < -0.3 is 20.7 Å². The van der Waals surface area contributed by atoms with Crippen LogP contribution in [0.4, 0.5) is 35.4 Å². The van der Waals surface area contributed by atoms with Gasteiger partial charge in [0.2, 0.25) is 5.95 Å². The average Bonchev–Trinajstić information content (AvgIpc) is 3.29. The van der Waals surface area contributed by atoms with Crippen LogP contribution in [-0.2, 0) is 19.6 Å². The fourth-order valence-corrected chi connectivity index (χ4v) is 4.94. The lowest BCUT2D eigenvalue weighted by Gasteiger charge is -2.30. The summed E-state index contributed by atoms with van der Waals surface area (Å²) in [7, 11) is 3.69.